The smallest absolute Gasteiger partial charge is 0.263 e. The summed E-state index contributed by atoms with van der Waals surface area (Å²) >= 11 is 6.42. The van der Waals surface area contributed by atoms with Gasteiger partial charge in [-0.3, -0.25) is 9.52 Å². The minimum Gasteiger partial charge on any atom is -0.490 e. The summed E-state index contributed by atoms with van der Waals surface area (Å²) in [4.78, 5) is 15.9. The van der Waals surface area contributed by atoms with E-state index in [1.54, 1.807) is 6.07 Å². The predicted molar refractivity (Wildman–Crippen MR) is 178 cm³/mol. The van der Waals surface area contributed by atoms with Crippen molar-refractivity contribution in [3.8, 4) is 5.75 Å². The molecule has 0 aromatic heterocycles. The second-order valence-corrected chi connectivity index (χ2v) is 14.9. The summed E-state index contributed by atoms with van der Waals surface area (Å²) in [5.74, 6) is 2.10. The van der Waals surface area contributed by atoms with Crippen LogP contribution in [0.1, 0.15) is 73.9 Å². The van der Waals surface area contributed by atoms with E-state index in [0.29, 0.717) is 36.3 Å². The van der Waals surface area contributed by atoms with E-state index in [1.165, 1.54) is 24.0 Å². The van der Waals surface area contributed by atoms with Gasteiger partial charge in [0, 0.05) is 42.8 Å². The Labute approximate surface area is 269 Å². The van der Waals surface area contributed by atoms with Gasteiger partial charge in [0.05, 0.1) is 17.5 Å². The Morgan fingerprint density at radius 2 is 1.98 bits per heavy atom. The molecule has 9 heteroatoms. The first-order valence-corrected chi connectivity index (χ1v) is 17.6. The van der Waals surface area contributed by atoms with Gasteiger partial charge < -0.3 is 19.8 Å². The van der Waals surface area contributed by atoms with E-state index in [1.807, 2.05) is 18.2 Å². The van der Waals surface area contributed by atoms with Crippen LogP contribution in [0.2, 0.25) is 5.02 Å². The number of nitrogens with zero attached hydrogens (tertiary/aromatic N) is 1. The number of carbonyl (C=O) groups is 1. The van der Waals surface area contributed by atoms with E-state index in [9.17, 15) is 14.1 Å². The number of amides is 1. The second kappa shape index (κ2) is 14.4. The third-order valence-corrected chi connectivity index (χ3v) is 12.2. The first-order chi connectivity index (χ1) is 21.3. The van der Waals surface area contributed by atoms with Crippen molar-refractivity contribution < 1.29 is 24.0 Å². The summed E-state index contributed by atoms with van der Waals surface area (Å²) in [5.41, 5.74) is 3.89. The van der Waals surface area contributed by atoms with Gasteiger partial charge in [-0.25, -0.2) is 4.21 Å². The van der Waals surface area contributed by atoms with Gasteiger partial charge in [-0.15, -0.1) is 0 Å². The van der Waals surface area contributed by atoms with Crippen LogP contribution in [-0.4, -0.2) is 59.0 Å². The van der Waals surface area contributed by atoms with Crippen molar-refractivity contribution in [3.63, 3.8) is 0 Å². The normalized spacial score (nSPS) is 32.4. The zero-order valence-electron chi connectivity index (χ0n) is 26.1. The average Bonchev–Trinajstić information content (AvgIpc) is 3.15. The molecule has 2 aromatic rings. The number of rotatable bonds is 2. The number of fused-ring (bicyclic) bond motifs is 4. The number of aryl methyl sites for hydroxylation is 1. The van der Waals surface area contributed by atoms with Crippen molar-refractivity contribution in [1.82, 2.24) is 4.72 Å². The van der Waals surface area contributed by atoms with Gasteiger partial charge in [0.15, 0.2) is 0 Å². The van der Waals surface area contributed by atoms with Crippen LogP contribution in [0.25, 0.3) is 0 Å². The number of benzene rings is 2. The molecule has 1 amide bonds. The topological polar surface area (TPSA) is 99.1 Å². The summed E-state index contributed by atoms with van der Waals surface area (Å²) in [6.07, 6.45) is 11.3. The van der Waals surface area contributed by atoms with Crippen molar-refractivity contribution in [3.05, 3.63) is 70.3 Å². The minimum absolute atomic E-state index is 0.0622. The van der Waals surface area contributed by atoms with Crippen LogP contribution in [0.3, 0.4) is 0 Å². The fourth-order valence-electron chi connectivity index (χ4n) is 7.81. The van der Waals surface area contributed by atoms with Crippen molar-refractivity contribution in [2.75, 3.05) is 38.3 Å². The highest BCUT2D eigenvalue weighted by Gasteiger charge is 2.44. The Kier molecular flexibility index (Phi) is 10.8. The molecule has 240 valence electrons. The monoisotopic (exact) mass is 642 g/mol. The number of aliphatic hydroxyl groups excluding tert-OH is 2. The highest BCUT2D eigenvalue weighted by Crippen LogP contribution is 2.47. The summed E-state index contributed by atoms with van der Waals surface area (Å²) in [6.45, 7) is 6.62. The molecular formula is C35H47ClN2O5S. The van der Waals surface area contributed by atoms with Gasteiger partial charge in [0.1, 0.15) is 16.7 Å². The highest BCUT2D eigenvalue weighted by molar-refractivity contribution is 7.84. The van der Waals surface area contributed by atoms with Gasteiger partial charge in [-0.1, -0.05) is 43.7 Å². The molecule has 1 fully saturated rings. The molecule has 1 saturated carbocycles. The van der Waals surface area contributed by atoms with E-state index < -0.39 is 11.0 Å². The molecule has 2 bridgehead atoms. The molecular weight excluding hydrogens is 596 g/mol. The molecule has 44 heavy (non-hydrogen) atoms. The van der Waals surface area contributed by atoms with Gasteiger partial charge in [-0.2, -0.15) is 0 Å². The summed E-state index contributed by atoms with van der Waals surface area (Å²) in [7, 11) is -0.621. The number of carbonyl (C=O) groups excluding carboxylic acids is 1. The molecule has 6 unspecified atom stereocenters. The molecule has 0 radical (unpaired) electrons. The maximum absolute atomic E-state index is 13.5. The van der Waals surface area contributed by atoms with Crippen LogP contribution >= 0.6 is 11.6 Å². The second-order valence-electron chi connectivity index (χ2n) is 13.1. The first-order valence-electron chi connectivity index (χ1n) is 16.0. The standard InChI is InChI=1S/C34H43ClN2O4S.CH4O/c1-22-5-3-6-23(2)32(14-16-38)42(40)36-33(39)25-9-13-31-30(18-25)37(19-26-8-11-28(22)26)20-34(21-41-31)15-4-7-24-17-27(35)10-12-29(24)34;1-2/h3,5,9-10,12-13,17-18,22-23,26,28,32,38H,4,6-8,11,14-16,19-21H2,1-2H3,(H,36,39);2H,1H3/b5-3+;/t22?,23?,26?,28?,32?,34-,42?;/m0./s1. The van der Waals surface area contributed by atoms with E-state index in [4.69, 9.17) is 21.4 Å². The Morgan fingerprint density at radius 1 is 1.16 bits per heavy atom. The lowest BCUT2D eigenvalue weighted by atomic mass is 9.66. The zero-order valence-corrected chi connectivity index (χ0v) is 27.7. The third-order valence-electron chi connectivity index (χ3n) is 10.4. The van der Waals surface area contributed by atoms with E-state index in [0.717, 1.165) is 62.3 Å². The molecule has 6 rings (SSSR count). The van der Waals surface area contributed by atoms with E-state index in [-0.39, 0.29) is 29.1 Å². The van der Waals surface area contributed by atoms with E-state index >= 15 is 0 Å². The summed E-state index contributed by atoms with van der Waals surface area (Å²) in [5, 5.41) is 17.1. The molecule has 2 aliphatic heterocycles. The molecule has 2 aliphatic carbocycles. The number of hydrogen-bond acceptors (Lipinski definition) is 6. The Balaban J connectivity index is 0.00000188. The maximum atomic E-state index is 13.5. The molecule has 0 saturated heterocycles. The first kappa shape index (κ1) is 33.0. The van der Waals surface area contributed by atoms with Gasteiger partial charge in [0.2, 0.25) is 0 Å². The van der Waals surface area contributed by atoms with Crippen LogP contribution < -0.4 is 14.4 Å². The van der Waals surface area contributed by atoms with Crippen LogP contribution in [0.15, 0.2) is 48.6 Å². The van der Waals surface area contributed by atoms with Crippen molar-refractivity contribution >= 4 is 34.2 Å². The van der Waals surface area contributed by atoms with Crippen LogP contribution in [0.4, 0.5) is 5.69 Å². The Hall–Kier alpha value is -2.39. The lowest BCUT2D eigenvalue weighted by Gasteiger charge is -2.46. The van der Waals surface area contributed by atoms with Gasteiger partial charge in [0.25, 0.3) is 5.91 Å². The number of allylic oxidation sites excluding steroid dienone is 2. The van der Waals surface area contributed by atoms with Crippen LogP contribution in [0.5, 0.6) is 5.75 Å². The number of anilines is 1. The van der Waals surface area contributed by atoms with Crippen LogP contribution in [-0.2, 0) is 22.8 Å². The number of hydrogen-bond donors (Lipinski definition) is 3. The lowest BCUT2D eigenvalue weighted by molar-refractivity contribution is 0.0982. The lowest BCUT2D eigenvalue weighted by Crippen LogP contribution is -2.49. The maximum Gasteiger partial charge on any atom is 0.263 e. The molecule has 2 heterocycles. The third kappa shape index (κ3) is 6.74. The summed E-state index contributed by atoms with van der Waals surface area (Å²) in [6, 6.07) is 11.9. The van der Waals surface area contributed by atoms with Gasteiger partial charge in [-0.05, 0) is 110 Å². The van der Waals surface area contributed by atoms with Crippen LogP contribution in [0, 0.1) is 23.7 Å². The molecule has 7 nitrogen and oxygen atoms in total. The number of nitrogens with one attached hydrogen (secondary N) is 1. The number of aliphatic hydroxyl groups is 2. The van der Waals surface area contributed by atoms with Crippen molar-refractivity contribution in [1.29, 1.82) is 0 Å². The SMILES string of the molecule is CC1/C=C/CC(C)C(CCO)S(=O)NC(=O)c2ccc3c(c2)N(CC2CCC12)C[C@@]1(CCCc2cc(Cl)ccc21)CO3.CO. The van der Waals surface area contributed by atoms with Crippen molar-refractivity contribution in [2.45, 2.75) is 69.5 Å². The average molecular weight is 643 g/mol. The number of ether oxygens (including phenoxy) is 1. The molecule has 7 atom stereocenters. The Morgan fingerprint density at radius 3 is 2.73 bits per heavy atom. The quantitative estimate of drug-likeness (QED) is 0.357. The molecule has 2 aromatic carbocycles. The minimum atomic E-state index is -1.62. The van der Waals surface area contributed by atoms with Gasteiger partial charge >= 0.3 is 0 Å². The highest BCUT2D eigenvalue weighted by atomic mass is 35.5. The predicted octanol–water partition coefficient (Wildman–Crippen LogP) is 5.82. The zero-order chi connectivity index (χ0) is 31.4. The largest absolute Gasteiger partial charge is 0.490 e. The van der Waals surface area contributed by atoms with E-state index in [2.05, 4.69) is 47.8 Å². The Bertz CT molecular complexity index is 1380. The summed E-state index contributed by atoms with van der Waals surface area (Å²) < 4.78 is 22.7. The molecule has 1 spiro atoms. The van der Waals surface area contributed by atoms with Crippen molar-refractivity contribution in [2.24, 2.45) is 23.7 Å². The fourth-order valence-corrected chi connectivity index (χ4v) is 9.31. The fraction of sp³-hybridized carbons (Fsp3) is 0.571. The number of halogens is 1. The molecule has 4 aliphatic rings. The molecule has 3 N–H and O–H groups in total.